The molecule has 2 rings (SSSR count). The molecule has 2 aromatic carbocycles. The molecule has 0 aliphatic heterocycles. The largest absolute Gasteiger partial charge is 0.397 e. The molecule has 0 unspecified atom stereocenters. The van der Waals surface area contributed by atoms with E-state index in [1.165, 1.54) is 18.2 Å². The lowest BCUT2D eigenvalue weighted by Gasteiger charge is -2.10. The molecular weight excluding hydrogens is 358 g/mol. The summed E-state index contributed by atoms with van der Waals surface area (Å²) in [6.07, 6.45) is 0. The minimum absolute atomic E-state index is 0.205. The first-order chi connectivity index (χ1) is 8.99. The van der Waals surface area contributed by atoms with Gasteiger partial charge in [0.25, 0.3) is 5.91 Å². The third-order valence-electron chi connectivity index (χ3n) is 2.70. The predicted molar refractivity (Wildman–Crippen MR) is 82.7 cm³/mol. The second-order valence-electron chi connectivity index (χ2n) is 4.12. The van der Waals surface area contributed by atoms with Crippen LogP contribution in [0.1, 0.15) is 15.9 Å². The van der Waals surface area contributed by atoms with Gasteiger partial charge in [-0.15, -0.1) is 0 Å². The Morgan fingerprint density at radius 1 is 1.32 bits per heavy atom. The zero-order chi connectivity index (χ0) is 14.0. The Bertz CT molecular complexity index is 643. The van der Waals surface area contributed by atoms with E-state index < -0.39 is 5.82 Å². The third-order valence-corrected chi connectivity index (χ3v) is 4.13. The number of nitrogen functional groups attached to an aromatic ring is 1. The lowest BCUT2D eigenvalue weighted by molar-refractivity contribution is 0.102. The topological polar surface area (TPSA) is 55.1 Å². The van der Waals surface area contributed by atoms with Gasteiger partial charge in [0.15, 0.2) is 0 Å². The van der Waals surface area contributed by atoms with Gasteiger partial charge in [-0.3, -0.25) is 4.79 Å². The molecule has 1 amide bonds. The molecule has 0 heterocycles. The maximum atomic E-state index is 12.9. The Morgan fingerprint density at radius 3 is 2.74 bits per heavy atom. The fourth-order valence-electron chi connectivity index (χ4n) is 1.66. The van der Waals surface area contributed by atoms with E-state index in [0.29, 0.717) is 11.3 Å². The van der Waals surface area contributed by atoms with Crippen molar-refractivity contribution in [3.8, 4) is 0 Å². The van der Waals surface area contributed by atoms with Gasteiger partial charge in [-0.2, -0.15) is 0 Å². The van der Waals surface area contributed by atoms with Crippen molar-refractivity contribution in [3.05, 3.63) is 56.9 Å². The SMILES string of the molecule is Cc1cccc(C(=O)Nc2ccc(F)cc2N)c1I. The fourth-order valence-corrected chi connectivity index (χ4v) is 2.26. The monoisotopic (exact) mass is 370 g/mol. The normalized spacial score (nSPS) is 10.3. The van der Waals surface area contributed by atoms with Gasteiger partial charge in [0.2, 0.25) is 0 Å². The average molecular weight is 370 g/mol. The Hall–Kier alpha value is -1.63. The molecule has 0 saturated carbocycles. The number of benzene rings is 2. The molecule has 0 bridgehead atoms. The van der Waals surface area contributed by atoms with Crippen LogP contribution in [0, 0.1) is 16.3 Å². The Kier molecular flexibility index (Phi) is 4.04. The van der Waals surface area contributed by atoms with Crippen LogP contribution in [0.25, 0.3) is 0 Å². The van der Waals surface area contributed by atoms with Gasteiger partial charge in [-0.05, 0) is 59.3 Å². The highest BCUT2D eigenvalue weighted by molar-refractivity contribution is 14.1. The van der Waals surface area contributed by atoms with E-state index in [1.54, 1.807) is 6.07 Å². The van der Waals surface area contributed by atoms with Crippen molar-refractivity contribution in [2.75, 3.05) is 11.1 Å². The summed E-state index contributed by atoms with van der Waals surface area (Å²) in [5.74, 6) is -0.688. The zero-order valence-corrected chi connectivity index (χ0v) is 12.4. The summed E-state index contributed by atoms with van der Waals surface area (Å²) in [5, 5.41) is 2.69. The van der Waals surface area contributed by atoms with Crippen molar-refractivity contribution in [1.29, 1.82) is 0 Å². The average Bonchev–Trinajstić information content (AvgIpc) is 2.36. The van der Waals surface area contributed by atoms with Gasteiger partial charge in [0.1, 0.15) is 5.82 Å². The molecular formula is C14H12FIN2O. The van der Waals surface area contributed by atoms with Gasteiger partial charge in [-0.1, -0.05) is 12.1 Å². The summed E-state index contributed by atoms with van der Waals surface area (Å²) in [6.45, 7) is 1.94. The molecule has 0 aliphatic rings. The summed E-state index contributed by atoms with van der Waals surface area (Å²) < 4.78 is 13.8. The lowest BCUT2D eigenvalue weighted by atomic mass is 10.1. The number of carbonyl (C=O) groups excluding carboxylic acids is 1. The molecule has 0 fully saturated rings. The summed E-state index contributed by atoms with van der Waals surface area (Å²) in [4.78, 5) is 12.2. The van der Waals surface area contributed by atoms with Crippen molar-refractivity contribution < 1.29 is 9.18 Å². The number of amides is 1. The van der Waals surface area contributed by atoms with Crippen molar-refractivity contribution >= 4 is 39.9 Å². The van der Waals surface area contributed by atoms with Crippen LogP contribution in [0.2, 0.25) is 0 Å². The van der Waals surface area contributed by atoms with E-state index in [0.717, 1.165) is 9.13 Å². The second-order valence-corrected chi connectivity index (χ2v) is 5.20. The molecule has 98 valence electrons. The molecule has 2 aromatic rings. The molecule has 0 saturated heterocycles. The third kappa shape index (κ3) is 3.04. The van der Waals surface area contributed by atoms with Gasteiger partial charge in [-0.25, -0.2) is 4.39 Å². The molecule has 0 radical (unpaired) electrons. The van der Waals surface area contributed by atoms with Crippen molar-refractivity contribution in [3.63, 3.8) is 0 Å². The number of nitrogens with one attached hydrogen (secondary N) is 1. The van der Waals surface area contributed by atoms with Crippen LogP contribution < -0.4 is 11.1 Å². The first-order valence-corrected chi connectivity index (χ1v) is 6.68. The zero-order valence-electron chi connectivity index (χ0n) is 10.2. The molecule has 0 aliphatic carbocycles. The standard InChI is InChI=1S/C14H12FIN2O/c1-8-3-2-4-10(13(8)16)14(19)18-12-6-5-9(15)7-11(12)17/h2-7H,17H2,1H3,(H,18,19). The molecule has 19 heavy (non-hydrogen) atoms. The highest BCUT2D eigenvalue weighted by atomic mass is 127. The molecule has 0 aromatic heterocycles. The van der Waals surface area contributed by atoms with E-state index in [9.17, 15) is 9.18 Å². The van der Waals surface area contributed by atoms with E-state index in [2.05, 4.69) is 27.9 Å². The number of rotatable bonds is 2. The summed E-state index contributed by atoms with van der Waals surface area (Å²) in [7, 11) is 0. The number of halogens is 2. The van der Waals surface area contributed by atoms with Crippen LogP contribution in [0.4, 0.5) is 15.8 Å². The Balaban J connectivity index is 2.28. The van der Waals surface area contributed by atoms with E-state index in [1.807, 2.05) is 19.1 Å². The highest BCUT2D eigenvalue weighted by Gasteiger charge is 2.12. The molecule has 5 heteroatoms. The Labute approximate surface area is 124 Å². The first kappa shape index (κ1) is 13.8. The second kappa shape index (κ2) is 5.56. The minimum atomic E-state index is -0.430. The lowest BCUT2D eigenvalue weighted by Crippen LogP contribution is -2.15. The maximum Gasteiger partial charge on any atom is 0.256 e. The van der Waals surface area contributed by atoms with Gasteiger partial charge in [0.05, 0.1) is 16.9 Å². The number of hydrogen-bond donors (Lipinski definition) is 2. The van der Waals surface area contributed by atoms with Crippen molar-refractivity contribution in [2.45, 2.75) is 6.92 Å². The molecule has 0 spiro atoms. The van der Waals surface area contributed by atoms with Gasteiger partial charge >= 0.3 is 0 Å². The smallest absolute Gasteiger partial charge is 0.256 e. The number of hydrogen-bond acceptors (Lipinski definition) is 2. The van der Waals surface area contributed by atoms with Gasteiger partial charge in [0, 0.05) is 3.57 Å². The van der Waals surface area contributed by atoms with Crippen LogP contribution in [0.3, 0.4) is 0 Å². The maximum absolute atomic E-state index is 12.9. The highest BCUT2D eigenvalue weighted by Crippen LogP contribution is 2.22. The summed E-state index contributed by atoms with van der Waals surface area (Å²) >= 11 is 2.12. The van der Waals surface area contributed by atoms with E-state index >= 15 is 0 Å². The van der Waals surface area contributed by atoms with Gasteiger partial charge < -0.3 is 11.1 Å². The predicted octanol–water partition coefficient (Wildman–Crippen LogP) is 3.57. The first-order valence-electron chi connectivity index (χ1n) is 5.60. The van der Waals surface area contributed by atoms with E-state index in [-0.39, 0.29) is 11.6 Å². The van der Waals surface area contributed by atoms with Crippen molar-refractivity contribution in [2.24, 2.45) is 0 Å². The summed E-state index contributed by atoms with van der Waals surface area (Å²) in [6, 6.07) is 9.38. The number of nitrogens with two attached hydrogens (primary N) is 1. The number of carbonyl (C=O) groups is 1. The van der Waals surface area contributed by atoms with Crippen LogP contribution in [-0.4, -0.2) is 5.91 Å². The molecule has 3 nitrogen and oxygen atoms in total. The molecule has 3 N–H and O–H groups in total. The fraction of sp³-hybridized carbons (Fsp3) is 0.0714. The van der Waals surface area contributed by atoms with Crippen LogP contribution in [0.5, 0.6) is 0 Å². The van der Waals surface area contributed by atoms with Crippen molar-refractivity contribution in [1.82, 2.24) is 0 Å². The number of anilines is 2. The Morgan fingerprint density at radius 2 is 2.05 bits per heavy atom. The molecule has 0 atom stereocenters. The van der Waals surface area contributed by atoms with E-state index in [4.69, 9.17) is 5.73 Å². The minimum Gasteiger partial charge on any atom is -0.397 e. The van der Waals surface area contributed by atoms with Crippen LogP contribution in [-0.2, 0) is 0 Å². The summed E-state index contributed by atoms with van der Waals surface area (Å²) in [5.41, 5.74) is 7.87. The van der Waals surface area contributed by atoms with Crippen LogP contribution in [0.15, 0.2) is 36.4 Å². The number of aryl methyl sites for hydroxylation is 1. The quantitative estimate of drug-likeness (QED) is 0.627. The van der Waals surface area contributed by atoms with Crippen LogP contribution >= 0.6 is 22.6 Å².